The van der Waals surface area contributed by atoms with Gasteiger partial charge in [-0.25, -0.2) is 0 Å². The van der Waals surface area contributed by atoms with E-state index >= 15 is 0 Å². The van der Waals surface area contributed by atoms with Crippen LogP contribution in [0.3, 0.4) is 0 Å². The van der Waals surface area contributed by atoms with Crippen molar-refractivity contribution in [2.24, 2.45) is 5.92 Å². The highest BCUT2D eigenvalue weighted by Crippen LogP contribution is 2.41. The molecule has 2 heteroatoms. The lowest BCUT2D eigenvalue weighted by Crippen LogP contribution is -2.34. The van der Waals surface area contributed by atoms with Crippen molar-refractivity contribution in [3.63, 3.8) is 0 Å². The van der Waals surface area contributed by atoms with Crippen molar-refractivity contribution >= 4 is 0 Å². The van der Waals surface area contributed by atoms with Crippen LogP contribution < -0.4 is 0 Å². The maximum Gasteiger partial charge on any atom is 0.143 e. The first-order valence-electron chi connectivity index (χ1n) is 9.46. The molecule has 2 unspecified atom stereocenters. The zero-order chi connectivity index (χ0) is 18.5. The molecule has 3 aromatic carbocycles. The van der Waals surface area contributed by atoms with Crippen LogP contribution >= 0.6 is 0 Å². The predicted molar refractivity (Wildman–Crippen MR) is 108 cm³/mol. The zero-order valence-corrected chi connectivity index (χ0v) is 15.2. The van der Waals surface area contributed by atoms with Crippen LogP contribution in [0.15, 0.2) is 103 Å². The maximum atomic E-state index is 9.84. The van der Waals surface area contributed by atoms with E-state index in [0.717, 1.165) is 16.7 Å². The van der Waals surface area contributed by atoms with Crippen molar-refractivity contribution in [2.45, 2.75) is 18.1 Å². The zero-order valence-electron chi connectivity index (χ0n) is 15.2. The van der Waals surface area contributed by atoms with Gasteiger partial charge in [0, 0.05) is 5.92 Å². The van der Waals surface area contributed by atoms with Gasteiger partial charge in [0.1, 0.15) is 5.60 Å². The lowest BCUT2D eigenvalue weighted by Gasteiger charge is -2.36. The monoisotopic (exact) mass is 356 g/mol. The summed E-state index contributed by atoms with van der Waals surface area (Å²) in [4.78, 5) is 0. The first kappa shape index (κ1) is 17.7. The van der Waals surface area contributed by atoms with Crippen molar-refractivity contribution in [3.8, 4) is 0 Å². The minimum atomic E-state index is -0.689. The van der Waals surface area contributed by atoms with Gasteiger partial charge < -0.3 is 9.84 Å². The molecule has 0 radical (unpaired) electrons. The summed E-state index contributed by atoms with van der Waals surface area (Å²) < 4.78 is 6.76. The molecule has 0 saturated heterocycles. The third-order valence-electron chi connectivity index (χ3n) is 5.20. The van der Waals surface area contributed by atoms with Crippen molar-refractivity contribution in [1.29, 1.82) is 0 Å². The van der Waals surface area contributed by atoms with Crippen LogP contribution in [-0.4, -0.2) is 17.8 Å². The van der Waals surface area contributed by atoms with Gasteiger partial charge in [0.25, 0.3) is 0 Å². The molecule has 0 bridgehead atoms. The fraction of sp³-hybridized carbons (Fsp3) is 0.200. The molecule has 1 aliphatic rings. The van der Waals surface area contributed by atoms with Gasteiger partial charge in [-0.2, -0.15) is 0 Å². The summed E-state index contributed by atoms with van der Waals surface area (Å²) in [5, 5.41) is 9.84. The lowest BCUT2D eigenvalue weighted by atomic mass is 9.80. The topological polar surface area (TPSA) is 29.5 Å². The lowest BCUT2D eigenvalue weighted by molar-refractivity contribution is -0.00393. The summed E-state index contributed by atoms with van der Waals surface area (Å²) >= 11 is 0. The van der Waals surface area contributed by atoms with Crippen LogP contribution in [0.1, 0.15) is 23.1 Å². The Morgan fingerprint density at radius 2 is 1.15 bits per heavy atom. The molecule has 3 aromatic rings. The van der Waals surface area contributed by atoms with Crippen molar-refractivity contribution in [3.05, 3.63) is 120 Å². The molecule has 0 heterocycles. The molecule has 4 rings (SSSR count). The fourth-order valence-corrected chi connectivity index (χ4v) is 3.88. The SMILES string of the molecule is OC1C=CC(COC(c2ccccc2)(c2ccccc2)c2ccccc2)C1. The van der Waals surface area contributed by atoms with Crippen molar-refractivity contribution in [1.82, 2.24) is 0 Å². The molecular weight excluding hydrogens is 332 g/mol. The van der Waals surface area contributed by atoms with Gasteiger partial charge in [0.05, 0.1) is 12.7 Å². The van der Waals surface area contributed by atoms with Gasteiger partial charge in [0.2, 0.25) is 0 Å². The maximum absolute atomic E-state index is 9.84. The van der Waals surface area contributed by atoms with Gasteiger partial charge in [0.15, 0.2) is 0 Å². The number of hydrogen-bond acceptors (Lipinski definition) is 2. The van der Waals surface area contributed by atoms with Crippen LogP contribution in [0.4, 0.5) is 0 Å². The number of ether oxygens (including phenoxy) is 1. The van der Waals surface area contributed by atoms with Crippen molar-refractivity contribution in [2.75, 3.05) is 6.61 Å². The highest BCUT2D eigenvalue weighted by atomic mass is 16.5. The molecule has 1 aliphatic carbocycles. The summed E-state index contributed by atoms with van der Waals surface area (Å²) in [6, 6.07) is 31.2. The third-order valence-corrected chi connectivity index (χ3v) is 5.20. The molecule has 0 aliphatic heterocycles. The van der Waals surface area contributed by atoms with E-state index in [1.807, 2.05) is 24.3 Å². The van der Waals surface area contributed by atoms with Crippen LogP contribution in [-0.2, 0) is 10.3 Å². The Kier molecular flexibility index (Phi) is 5.19. The van der Waals surface area contributed by atoms with Crippen LogP contribution in [0, 0.1) is 5.92 Å². The summed E-state index contributed by atoms with van der Waals surface area (Å²) in [7, 11) is 0. The largest absolute Gasteiger partial charge is 0.389 e. The molecule has 27 heavy (non-hydrogen) atoms. The Morgan fingerprint density at radius 1 is 0.704 bits per heavy atom. The van der Waals surface area contributed by atoms with E-state index in [-0.39, 0.29) is 12.0 Å². The summed E-state index contributed by atoms with van der Waals surface area (Å²) in [5.41, 5.74) is 2.62. The second-order valence-corrected chi connectivity index (χ2v) is 7.04. The quantitative estimate of drug-likeness (QED) is 0.501. The number of hydrogen-bond donors (Lipinski definition) is 1. The first-order chi connectivity index (χ1) is 13.3. The predicted octanol–water partition coefficient (Wildman–Crippen LogP) is 4.93. The smallest absolute Gasteiger partial charge is 0.143 e. The minimum Gasteiger partial charge on any atom is -0.389 e. The summed E-state index contributed by atoms with van der Waals surface area (Å²) in [5.74, 6) is 0.218. The van der Waals surface area contributed by atoms with E-state index < -0.39 is 5.60 Å². The molecular formula is C25H24O2. The average Bonchev–Trinajstić information content (AvgIpc) is 3.16. The molecule has 0 spiro atoms. The molecule has 0 saturated carbocycles. The Labute approximate surface area is 160 Å². The summed E-state index contributed by atoms with van der Waals surface area (Å²) in [6.45, 7) is 0.548. The first-order valence-corrected chi connectivity index (χ1v) is 9.46. The third kappa shape index (κ3) is 3.59. The standard InChI is InChI=1S/C25H24O2/c26-24-17-16-20(18-24)19-27-25(21-10-4-1-5-11-21,22-12-6-2-7-13-22)23-14-8-3-9-15-23/h1-17,20,24,26H,18-19H2. The fourth-order valence-electron chi connectivity index (χ4n) is 3.88. The highest BCUT2D eigenvalue weighted by Gasteiger charge is 2.38. The molecule has 136 valence electrons. The van der Waals surface area contributed by atoms with Gasteiger partial charge in [-0.05, 0) is 23.1 Å². The molecule has 0 amide bonds. The highest BCUT2D eigenvalue weighted by molar-refractivity contribution is 5.47. The molecule has 2 atom stereocenters. The Morgan fingerprint density at radius 3 is 1.52 bits per heavy atom. The molecule has 1 N–H and O–H groups in total. The van der Waals surface area contributed by atoms with Gasteiger partial charge in [-0.1, -0.05) is 103 Å². The molecule has 2 nitrogen and oxygen atoms in total. The second-order valence-electron chi connectivity index (χ2n) is 7.04. The van der Waals surface area contributed by atoms with Crippen LogP contribution in [0.5, 0.6) is 0 Å². The van der Waals surface area contributed by atoms with Gasteiger partial charge >= 0.3 is 0 Å². The number of aliphatic hydroxyl groups is 1. The van der Waals surface area contributed by atoms with Crippen molar-refractivity contribution < 1.29 is 9.84 Å². The number of rotatable bonds is 6. The van der Waals surface area contributed by atoms with E-state index in [2.05, 4.69) is 78.9 Å². The van der Waals surface area contributed by atoms with E-state index in [9.17, 15) is 5.11 Å². The van der Waals surface area contributed by atoms with Crippen LogP contribution in [0.25, 0.3) is 0 Å². The Balaban J connectivity index is 1.83. The van der Waals surface area contributed by atoms with Gasteiger partial charge in [-0.3, -0.25) is 0 Å². The average molecular weight is 356 g/mol. The number of aliphatic hydroxyl groups excluding tert-OH is 1. The van der Waals surface area contributed by atoms with Crippen LogP contribution in [0.2, 0.25) is 0 Å². The Hall–Kier alpha value is -2.68. The normalized spacial score (nSPS) is 19.3. The molecule has 0 fully saturated rings. The van der Waals surface area contributed by atoms with E-state index in [4.69, 9.17) is 4.74 Å². The van der Waals surface area contributed by atoms with E-state index in [1.54, 1.807) is 0 Å². The van der Waals surface area contributed by atoms with E-state index in [1.165, 1.54) is 0 Å². The second kappa shape index (κ2) is 7.91. The van der Waals surface area contributed by atoms with Gasteiger partial charge in [-0.15, -0.1) is 0 Å². The molecule has 0 aromatic heterocycles. The minimum absolute atomic E-state index is 0.218. The number of benzene rings is 3. The Bertz CT molecular complexity index is 775. The van der Waals surface area contributed by atoms with E-state index in [0.29, 0.717) is 13.0 Å². The summed E-state index contributed by atoms with van der Waals surface area (Å²) in [6.07, 6.45) is 4.28.